The zero-order valence-corrected chi connectivity index (χ0v) is 12.1. The number of carbonyl (C=O) groups excluding carboxylic acids is 1. The third-order valence-electron chi connectivity index (χ3n) is 3.95. The van der Waals surface area contributed by atoms with Crippen LogP contribution in [0.2, 0.25) is 0 Å². The lowest BCUT2D eigenvalue weighted by molar-refractivity contribution is -0.152. The van der Waals surface area contributed by atoms with Gasteiger partial charge >= 0.3 is 11.9 Å². The molecule has 2 rings (SSSR count). The summed E-state index contributed by atoms with van der Waals surface area (Å²) in [7, 11) is 0. The van der Waals surface area contributed by atoms with E-state index in [4.69, 9.17) is 5.11 Å². The number of benzene rings is 1. The second-order valence-corrected chi connectivity index (χ2v) is 5.53. The highest BCUT2D eigenvalue weighted by atomic mass is 16.4. The molecule has 1 aromatic carbocycles. The number of carboxylic acid groups (broad SMARTS) is 2. The Bertz CT molecular complexity index is 557. The van der Waals surface area contributed by atoms with E-state index in [1.807, 2.05) is 30.3 Å². The molecule has 1 fully saturated rings. The van der Waals surface area contributed by atoms with Gasteiger partial charge in [-0.3, -0.25) is 19.3 Å². The minimum atomic E-state index is -1.16. The van der Waals surface area contributed by atoms with Crippen molar-refractivity contribution in [2.75, 3.05) is 6.54 Å². The summed E-state index contributed by atoms with van der Waals surface area (Å²) in [5.41, 5.74) is 1.01. The average molecular weight is 305 g/mol. The minimum absolute atomic E-state index is 0.0941. The van der Waals surface area contributed by atoms with E-state index in [0.717, 1.165) is 5.56 Å². The smallest absolute Gasteiger partial charge is 0.321 e. The molecule has 0 radical (unpaired) electrons. The summed E-state index contributed by atoms with van der Waals surface area (Å²) in [5, 5.41) is 18.3. The van der Waals surface area contributed by atoms with Crippen LogP contribution >= 0.6 is 0 Å². The van der Waals surface area contributed by atoms with Crippen molar-refractivity contribution >= 4 is 17.7 Å². The molecule has 22 heavy (non-hydrogen) atoms. The van der Waals surface area contributed by atoms with Crippen molar-refractivity contribution in [1.29, 1.82) is 0 Å². The van der Waals surface area contributed by atoms with Crippen molar-refractivity contribution in [3.05, 3.63) is 35.9 Å². The lowest BCUT2D eigenvalue weighted by atomic mass is 9.92. The number of piperidine rings is 1. The quantitative estimate of drug-likeness (QED) is 0.820. The maximum Gasteiger partial charge on any atom is 0.321 e. The fraction of sp³-hybridized carbons (Fsp3) is 0.438. The number of hydrogen-bond acceptors (Lipinski definition) is 4. The molecule has 0 spiro atoms. The summed E-state index contributed by atoms with van der Waals surface area (Å²) in [5.74, 6) is -2.21. The van der Waals surface area contributed by atoms with E-state index < -0.39 is 24.4 Å². The predicted octanol–water partition coefficient (Wildman–Crippen LogP) is 1.19. The van der Waals surface area contributed by atoms with Crippen molar-refractivity contribution in [3.63, 3.8) is 0 Å². The van der Waals surface area contributed by atoms with Crippen LogP contribution in [0.15, 0.2) is 30.3 Å². The van der Waals surface area contributed by atoms with Gasteiger partial charge in [-0.2, -0.15) is 0 Å². The third kappa shape index (κ3) is 4.14. The molecule has 0 amide bonds. The predicted molar refractivity (Wildman–Crippen MR) is 78.6 cm³/mol. The monoisotopic (exact) mass is 305 g/mol. The molecule has 1 saturated heterocycles. The Hall–Kier alpha value is -2.21. The molecule has 6 heteroatoms. The fourth-order valence-electron chi connectivity index (χ4n) is 2.92. The molecule has 0 saturated carbocycles. The molecule has 0 aliphatic carbocycles. The van der Waals surface area contributed by atoms with Crippen molar-refractivity contribution in [2.45, 2.75) is 37.8 Å². The highest BCUT2D eigenvalue weighted by Gasteiger charge is 2.36. The van der Waals surface area contributed by atoms with Gasteiger partial charge in [-0.1, -0.05) is 30.3 Å². The first kappa shape index (κ1) is 16.2. The number of carbonyl (C=O) groups is 3. The number of hydrogen-bond donors (Lipinski definition) is 2. The van der Waals surface area contributed by atoms with E-state index in [2.05, 4.69) is 0 Å². The Balaban J connectivity index is 2.19. The summed E-state index contributed by atoms with van der Waals surface area (Å²) in [6, 6.07) is 8.13. The normalized spacial score (nSPS) is 20.5. The summed E-state index contributed by atoms with van der Waals surface area (Å²) >= 11 is 0. The molecule has 6 nitrogen and oxygen atoms in total. The Labute approximate surface area is 128 Å². The van der Waals surface area contributed by atoms with Gasteiger partial charge in [-0.25, -0.2) is 0 Å². The lowest BCUT2D eigenvalue weighted by Gasteiger charge is -2.38. The molecule has 1 aliphatic heterocycles. The first-order valence-corrected chi connectivity index (χ1v) is 7.23. The summed E-state index contributed by atoms with van der Waals surface area (Å²) in [6.07, 6.45) is 0.609. The topological polar surface area (TPSA) is 94.9 Å². The number of nitrogens with zero attached hydrogens (tertiary/aromatic N) is 1. The molecule has 0 bridgehead atoms. The molecule has 1 heterocycles. The van der Waals surface area contributed by atoms with Gasteiger partial charge in [0.15, 0.2) is 0 Å². The fourth-order valence-corrected chi connectivity index (χ4v) is 2.92. The molecule has 1 aromatic rings. The maximum absolute atomic E-state index is 11.7. The van der Waals surface area contributed by atoms with Gasteiger partial charge in [-0.05, 0) is 12.0 Å². The second-order valence-electron chi connectivity index (χ2n) is 5.53. The van der Waals surface area contributed by atoms with Crippen LogP contribution in [0, 0.1) is 0 Å². The van der Waals surface area contributed by atoms with Crippen LogP contribution < -0.4 is 0 Å². The first-order valence-electron chi connectivity index (χ1n) is 7.23. The van der Waals surface area contributed by atoms with Gasteiger partial charge in [0.25, 0.3) is 0 Å². The zero-order valence-electron chi connectivity index (χ0n) is 12.1. The second kappa shape index (κ2) is 7.17. The molecular weight excluding hydrogens is 286 g/mol. The third-order valence-corrected chi connectivity index (χ3v) is 3.95. The SMILES string of the molecule is O=C(O)CC(C(=O)O)N1CCC(=O)C[C@H]1Cc1ccccc1. The Morgan fingerprint density at radius 3 is 2.50 bits per heavy atom. The van der Waals surface area contributed by atoms with E-state index in [1.54, 1.807) is 4.90 Å². The van der Waals surface area contributed by atoms with Crippen LogP contribution in [0.3, 0.4) is 0 Å². The summed E-state index contributed by atoms with van der Waals surface area (Å²) < 4.78 is 0. The van der Waals surface area contributed by atoms with Crippen LogP contribution in [-0.4, -0.2) is 51.5 Å². The maximum atomic E-state index is 11.7. The molecule has 2 N–H and O–H groups in total. The molecule has 1 unspecified atom stereocenters. The molecule has 118 valence electrons. The van der Waals surface area contributed by atoms with E-state index in [-0.39, 0.29) is 24.7 Å². The Morgan fingerprint density at radius 2 is 1.91 bits per heavy atom. The van der Waals surface area contributed by atoms with Gasteiger partial charge in [0, 0.05) is 25.4 Å². The molecule has 2 atom stereocenters. The van der Waals surface area contributed by atoms with E-state index in [9.17, 15) is 19.5 Å². The van der Waals surface area contributed by atoms with Crippen LogP contribution in [0.25, 0.3) is 0 Å². The Morgan fingerprint density at radius 1 is 1.23 bits per heavy atom. The number of carboxylic acids is 2. The van der Waals surface area contributed by atoms with Gasteiger partial charge in [0.1, 0.15) is 11.8 Å². The summed E-state index contributed by atoms with van der Waals surface area (Å²) in [4.78, 5) is 35.7. The number of aliphatic carboxylic acids is 2. The van der Waals surface area contributed by atoms with Crippen molar-refractivity contribution in [2.24, 2.45) is 0 Å². The highest BCUT2D eigenvalue weighted by Crippen LogP contribution is 2.23. The van der Waals surface area contributed by atoms with Gasteiger partial charge in [-0.15, -0.1) is 0 Å². The van der Waals surface area contributed by atoms with Gasteiger partial charge in [0.05, 0.1) is 6.42 Å². The zero-order chi connectivity index (χ0) is 16.1. The standard InChI is InChI=1S/C16H19NO5/c18-13-6-7-17(14(16(21)22)10-15(19)20)12(9-13)8-11-4-2-1-3-5-11/h1-5,12,14H,6-10H2,(H,19,20)(H,21,22)/t12-,14?/m1/s1. The van der Waals surface area contributed by atoms with Crippen LogP contribution in [0.4, 0.5) is 0 Å². The molecule has 1 aliphatic rings. The largest absolute Gasteiger partial charge is 0.481 e. The van der Waals surface area contributed by atoms with Gasteiger partial charge < -0.3 is 10.2 Å². The molecule has 0 aromatic heterocycles. The van der Waals surface area contributed by atoms with Crippen molar-refractivity contribution in [1.82, 2.24) is 4.90 Å². The van der Waals surface area contributed by atoms with Crippen LogP contribution in [0.5, 0.6) is 0 Å². The Kier molecular flexibility index (Phi) is 5.27. The summed E-state index contributed by atoms with van der Waals surface area (Å²) in [6.45, 7) is 0.292. The number of ketones is 1. The lowest BCUT2D eigenvalue weighted by Crippen LogP contribution is -2.53. The number of Topliss-reactive ketones (excluding diaryl/α,β-unsaturated/α-hetero) is 1. The van der Waals surface area contributed by atoms with Crippen LogP contribution in [0.1, 0.15) is 24.8 Å². The van der Waals surface area contributed by atoms with E-state index in [0.29, 0.717) is 13.0 Å². The van der Waals surface area contributed by atoms with Gasteiger partial charge in [0.2, 0.25) is 0 Å². The van der Waals surface area contributed by atoms with Crippen molar-refractivity contribution in [3.8, 4) is 0 Å². The van der Waals surface area contributed by atoms with E-state index in [1.165, 1.54) is 0 Å². The van der Waals surface area contributed by atoms with E-state index >= 15 is 0 Å². The number of likely N-dealkylation sites (tertiary alicyclic amines) is 1. The number of rotatable bonds is 6. The van der Waals surface area contributed by atoms with Crippen molar-refractivity contribution < 1.29 is 24.6 Å². The first-order chi connectivity index (χ1) is 10.5. The molecular formula is C16H19NO5. The minimum Gasteiger partial charge on any atom is -0.481 e. The average Bonchev–Trinajstić information content (AvgIpc) is 2.46. The van der Waals surface area contributed by atoms with Crippen LogP contribution in [-0.2, 0) is 20.8 Å². The highest BCUT2D eigenvalue weighted by molar-refractivity contribution is 5.83.